The molecule has 6 heteroatoms. The van der Waals surface area contributed by atoms with Crippen LogP contribution in [0.5, 0.6) is 0 Å². The van der Waals surface area contributed by atoms with Crippen molar-refractivity contribution >= 4 is 29.2 Å². The van der Waals surface area contributed by atoms with Crippen molar-refractivity contribution in [2.45, 2.75) is 44.2 Å². The molecule has 2 rings (SSSR count). The predicted octanol–water partition coefficient (Wildman–Crippen LogP) is 3.65. The van der Waals surface area contributed by atoms with E-state index < -0.39 is 0 Å². The van der Waals surface area contributed by atoms with Gasteiger partial charge in [-0.25, -0.2) is 0 Å². The second-order valence-electron chi connectivity index (χ2n) is 6.10. The number of carbonyl (C=O) groups is 1. The van der Waals surface area contributed by atoms with Crippen molar-refractivity contribution in [2.24, 2.45) is 0 Å². The summed E-state index contributed by atoms with van der Waals surface area (Å²) in [7, 11) is 1.37. The van der Waals surface area contributed by atoms with Crippen LogP contribution in [0.2, 0.25) is 0 Å². The summed E-state index contributed by atoms with van der Waals surface area (Å²) in [6, 6.07) is 0.389. The number of piperidine rings is 1. The number of allylic oxidation sites excluding steroid dienone is 3. The number of methoxy groups -OCH3 is 1. The molecule has 2 saturated heterocycles. The maximum Gasteiger partial charge on any atom is 0.305 e. The van der Waals surface area contributed by atoms with Gasteiger partial charge in [-0.1, -0.05) is 35.4 Å². The van der Waals surface area contributed by atoms with Crippen molar-refractivity contribution in [1.82, 2.24) is 5.32 Å². The van der Waals surface area contributed by atoms with Crippen LogP contribution in [0.1, 0.15) is 32.6 Å². The lowest BCUT2D eigenvalue weighted by molar-refractivity contribution is -0.140. The molecule has 0 aliphatic carbocycles. The van der Waals surface area contributed by atoms with Gasteiger partial charge in [0.15, 0.2) is 0 Å². The number of fused-ring (bicyclic) bond motifs is 2. The van der Waals surface area contributed by atoms with Crippen LogP contribution in [-0.4, -0.2) is 37.9 Å². The van der Waals surface area contributed by atoms with Crippen molar-refractivity contribution in [2.75, 3.05) is 20.3 Å². The molecule has 4 nitrogen and oxygen atoms in total. The van der Waals surface area contributed by atoms with E-state index in [1.54, 1.807) is 6.08 Å². The fourth-order valence-corrected chi connectivity index (χ4v) is 3.44. The Labute approximate surface area is 147 Å². The zero-order chi connectivity index (χ0) is 17.0. The maximum absolute atomic E-state index is 11.2. The van der Waals surface area contributed by atoms with Crippen molar-refractivity contribution in [1.29, 1.82) is 0 Å². The summed E-state index contributed by atoms with van der Waals surface area (Å²) >= 11 is 12.7. The average Bonchev–Trinajstić information content (AvgIpc) is 2.86. The van der Waals surface area contributed by atoms with Crippen molar-refractivity contribution in [3.8, 4) is 0 Å². The lowest BCUT2D eigenvalue weighted by Crippen LogP contribution is -2.42. The Morgan fingerprint density at radius 1 is 1.48 bits per heavy atom. The number of carbonyl (C=O) groups excluding carboxylic acids is 1. The van der Waals surface area contributed by atoms with Crippen LogP contribution < -0.4 is 5.32 Å². The Balaban J connectivity index is 2.05. The third-order valence-electron chi connectivity index (χ3n) is 4.50. The number of nitrogens with one attached hydrogen (secondary N) is 1. The number of halogens is 2. The smallest absolute Gasteiger partial charge is 0.305 e. The van der Waals surface area contributed by atoms with E-state index >= 15 is 0 Å². The molecule has 0 amide bonds. The fourth-order valence-electron chi connectivity index (χ4n) is 3.00. The lowest BCUT2D eigenvalue weighted by atomic mass is 9.84. The van der Waals surface area contributed by atoms with E-state index in [2.05, 4.69) is 16.6 Å². The van der Waals surface area contributed by atoms with E-state index in [1.165, 1.54) is 7.11 Å². The Hall–Kier alpha value is -0.810. The zero-order valence-corrected chi connectivity index (χ0v) is 15.1. The van der Waals surface area contributed by atoms with Crippen molar-refractivity contribution in [3.63, 3.8) is 0 Å². The van der Waals surface area contributed by atoms with Gasteiger partial charge in [-0.05, 0) is 44.4 Å². The minimum atomic E-state index is -0.326. The van der Waals surface area contributed by atoms with Crippen molar-refractivity contribution < 1.29 is 14.3 Å². The molecule has 2 bridgehead atoms. The van der Waals surface area contributed by atoms with E-state index in [9.17, 15) is 4.79 Å². The largest absolute Gasteiger partial charge is 0.469 e. The Morgan fingerprint density at radius 2 is 2.22 bits per heavy atom. The highest BCUT2D eigenvalue weighted by Crippen LogP contribution is 2.40. The first kappa shape index (κ1) is 18.5. The normalized spacial score (nSPS) is 28.3. The second-order valence-corrected chi connectivity index (χ2v) is 6.88. The number of ether oxygens (including phenoxy) is 2. The molecule has 0 aromatic rings. The highest BCUT2D eigenvalue weighted by atomic mass is 35.5. The number of rotatable bonds is 6. The van der Waals surface area contributed by atoms with Gasteiger partial charge in [0.1, 0.15) is 0 Å². The molecule has 2 unspecified atom stereocenters. The monoisotopic (exact) mass is 359 g/mol. The summed E-state index contributed by atoms with van der Waals surface area (Å²) in [6.45, 7) is 7.62. The van der Waals surface area contributed by atoms with Crippen LogP contribution in [0.3, 0.4) is 0 Å². The predicted molar refractivity (Wildman–Crippen MR) is 92.6 cm³/mol. The average molecular weight is 360 g/mol. The van der Waals surface area contributed by atoms with E-state index in [-0.39, 0.29) is 18.0 Å². The van der Waals surface area contributed by atoms with Gasteiger partial charge in [0.25, 0.3) is 0 Å². The first-order valence-electron chi connectivity index (χ1n) is 7.74. The van der Waals surface area contributed by atoms with Crippen LogP contribution in [0.25, 0.3) is 0 Å². The quantitative estimate of drug-likeness (QED) is 0.580. The molecule has 1 N–H and O–H groups in total. The molecular formula is C17H23Cl2NO3. The van der Waals surface area contributed by atoms with Gasteiger partial charge in [-0.15, -0.1) is 0 Å². The summed E-state index contributed by atoms with van der Waals surface area (Å²) in [5.41, 5.74) is 1.37. The second kappa shape index (κ2) is 7.84. The summed E-state index contributed by atoms with van der Waals surface area (Å²) in [5, 5.41) is 4.30. The number of esters is 1. The first-order valence-corrected chi connectivity index (χ1v) is 8.50. The molecule has 23 heavy (non-hydrogen) atoms. The first-order chi connectivity index (χ1) is 10.9. The summed E-state index contributed by atoms with van der Waals surface area (Å²) in [5.74, 6) is -0.266. The lowest BCUT2D eigenvalue weighted by Gasteiger charge is -2.32. The van der Waals surface area contributed by atoms with Gasteiger partial charge in [0, 0.05) is 12.5 Å². The molecule has 2 heterocycles. The van der Waals surface area contributed by atoms with Crippen LogP contribution in [-0.2, 0) is 14.3 Å². The highest BCUT2D eigenvalue weighted by Gasteiger charge is 2.44. The molecule has 0 aromatic heterocycles. The van der Waals surface area contributed by atoms with Crippen LogP contribution in [0.4, 0.5) is 0 Å². The van der Waals surface area contributed by atoms with Crippen LogP contribution in [0.15, 0.2) is 33.9 Å². The van der Waals surface area contributed by atoms with E-state index in [4.69, 9.17) is 27.9 Å². The van der Waals surface area contributed by atoms with Gasteiger partial charge < -0.3 is 14.8 Å². The molecule has 0 radical (unpaired) electrons. The van der Waals surface area contributed by atoms with Gasteiger partial charge >= 0.3 is 5.97 Å². The summed E-state index contributed by atoms with van der Waals surface area (Å²) in [6.07, 6.45) is 4.37. The molecule has 2 fully saturated rings. The van der Waals surface area contributed by atoms with E-state index in [0.717, 1.165) is 30.5 Å². The van der Waals surface area contributed by atoms with Crippen LogP contribution >= 0.6 is 23.2 Å². The molecule has 0 spiro atoms. The number of hydrogen-bond donors (Lipinski definition) is 1. The SMILES string of the molecule is C=C(/C=C(Cl)\C(Cl)=C(/C)CCC(=O)OC)C12CCNC(CO1)C2. The zero-order valence-electron chi connectivity index (χ0n) is 13.6. The molecule has 2 atom stereocenters. The van der Waals surface area contributed by atoms with Gasteiger partial charge in [0.2, 0.25) is 0 Å². The van der Waals surface area contributed by atoms with Crippen LogP contribution in [0, 0.1) is 0 Å². The van der Waals surface area contributed by atoms with Gasteiger partial charge in [0.05, 0.1) is 29.4 Å². The molecule has 0 saturated carbocycles. The molecular weight excluding hydrogens is 337 g/mol. The van der Waals surface area contributed by atoms with Gasteiger partial charge in [-0.3, -0.25) is 4.79 Å². The standard InChI is InChI=1S/C17H23Cl2NO3/c1-11(4-5-15(21)22-3)16(19)14(18)8-12(2)17-6-7-20-13(9-17)10-23-17/h8,13,20H,2,4-7,9-10H2,1,3H3/b14-8+,16-11-. The van der Waals surface area contributed by atoms with E-state index in [1.807, 2.05) is 6.92 Å². The minimum Gasteiger partial charge on any atom is -0.469 e. The molecule has 0 aromatic carbocycles. The summed E-state index contributed by atoms with van der Waals surface area (Å²) < 4.78 is 10.6. The highest BCUT2D eigenvalue weighted by molar-refractivity contribution is 6.44. The summed E-state index contributed by atoms with van der Waals surface area (Å²) in [4.78, 5) is 11.2. The molecule has 2 aliphatic heterocycles. The Morgan fingerprint density at radius 3 is 2.91 bits per heavy atom. The fraction of sp³-hybridized carbons (Fsp3) is 0.588. The minimum absolute atomic E-state index is 0.266. The Kier molecular flexibility index (Phi) is 6.32. The Bertz CT molecular complexity index is 552. The third-order valence-corrected chi connectivity index (χ3v) is 5.42. The van der Waals surface area contributed by atoms with E-state index in [0.29, 0.717) is 29.1 Å². The maximum atomic E-state index is 11.2. The van der Waals surface area contributed by atoms with Crippen molar-refractivity contribution in [3.05, 3.63) is 33.9 Å². The molecule has 2 aliphatic rings. The number of hydrogen-bond acceptors (Lipinski definition) is 4. The topological polar surface area (TPSA) is 47.6 Å². The third kappa shape index (κ3) is 4.38. The van der Waals surface area contributed by atoms with Gasteiger partial charge in [-0.2, -0.15) is 0 Å². The molecule has 128 valence electrons.